The summed E-state index contributed by atoms with van der Waals surface area (Å²) in [7, 11) is 0. The summed E-state index contributed by atoms with van der Waals surface area (Å²) < 4.78 is 11.5. The number of benzene rings is 2. The molecular formula is C24H24ClIN2O7. The number of hydrogen-bond donors (Lipinski definition) is 0. The first kappa shape index (κ1) is 28.4. The molecular weight excluding hydrogens is 591 g/mol. The van der Waals surface area contributed by atoms with Gasteiger partial charge in [0.15, 0.2) is 0 Å². The van der Waals surface area contributed by atoms with Crippen LogP contribution in [0.25, 0.3) is 0 Å². The Morgan fingerprint density at radius 2 is 1.94 bits per heavy atom. The van der Waals surface area contributed by atoms with Crippen LogP contribution < -0.4 is 4.74 Å². The van der Waals surface area contributed by atoms with Crippen molar-refractivity contribution in [2.75, 3.05) is 13.1 Å². The van der Waals surface area contributed by atoms with E-state index in [0.29, 0.717) is 9.99 Å². The summed E-state index contributed by atoms with van der Waals surface area (Å²) >= 11 is 7.80. The van der Waals surface area contributed by atoms with Gasteiger partial charge >= 0.3 is 17.6 Å². The van der Waals surface area contributed by atoms with Crippen LogP contribution in [0, 0.1) is 26.0 Å². The highest BCUT2D eigenvalue weighted by atomic mass is 127. The van der Waals surface area contributed by atoms with Crippen molar-refractivity contribution in [2.24, 2.45) is 0 Å². The lowest BCUT2D eigenvalue weighted by Gasteiger charge is -2.21. The maximum atomic E-state index is 12.8. The molecule has 2 aromatic rings. The molecule has 0 saturated heterocycles. The van der Waals surface area contributed by atoms with Gasteiger partial charge < -0.3 is 14.3 Å². The molecule has 0 aliphatic carbocycles. The van der Waals surface area contributed by atoms with Gasteiger partial charge in [-0.2, -0.15) is 0 Å². The van der Waals surface area contributed by atoms with Gasteiger partial charge in [-0.1, -0.05) is 17.5 Å². The van der Waals surface area contributed by atoms with E-state index in [-0.39, 0.29) is 53.3 Å². The van der Waals surface area contributed by atoms with Crippen molar-refractivity contribution in [3.05, 3.63) is 60.7 Å². The molecule has 0 heterocycles. The average molecular weight is 615 g/mol. The maximum absolute atomic E-state index is 12.8. The van der Waals surface area contributed by atoms with E-state index in [4.69, 9.17) is 32.3 Å². The number of terminal acetylenes is 1. The van der Waals surface area contributed by atoms with E-state index in [9.17, 15) is 19.7 Å². The molecule has 0 fully saturated rings. The van der Waals surface area contributed by atoms with Crippen molar-refractivity contribution < 1.29 is 28.8 Å². The number of rotatable bonds is 10. The maximum Gasteiger partial charge on any atom is 0.358 e. The molecule has 0 bridgehead atoms. The number of halogens is 2. The van der Waals surface area contributed by atoms with E-state index in [1.165, 1.54) is 29.3 Å². The predicted octanol–water partition coefficient (Wildman–Crippen LogP) is 5.77. The molecule has 35 heavy (non-hydrogen) atoms. The number of carbonyl (C=O) groups excluding carboxylic acids is 2. The Balaban J connectivity index is 2.10. The van der Waals surface area contributed by atoms with Gasteiger partial charge in [0.05, 0.1) is 17.0 Å². The van der Waals surface area contributed by atoms with E-state index in [1.807, 2.05) is 22.6 Å². The van der Waals surface area contributed by atoms with Gasteiger partial charge in [-0.3, -0.25) is 14.9 Å². The van der Waals surface area contributed by atoms with Gasteiger partial charge in [0.2, 0.25) is 5.75 Å². The van der Waals surface area contributed by atoms with E-state index >= 15 is 0 Å². The van der Waals surface area contributed by atoms with Gasteiger partial charge in [-0.15, -0.1) is 11.5 Å². The minimum Gasteiger partial charge on any atom is -0.460 e. The summed E-state index contributed by atoms with van der Waals surface area (Å²) in [5.74, 6) is 1.51. The topological polar surface area (TPSA) is 108 Å². The van der Waals surface area contributed by atoms with Crippen LogP contribution in [0.4, 0.5) is 5.69 Å². The third-order valence-electron chi connectivity index (χ3n) is 4.19. The second kappa shape index (κ2) is 12.7. The van der Waals surface area contributed by atoms with Gasteiger partial charge in [-0.05, 0) is 80.1 Å². The number of hydrogen-bond acceptors (Lipinski definition) is 8. The minimum atomic E-state index is -0.696. The molecule has 0 amide bonds. The Bertz CT molecular complexity index is 1140. The lowest BCUT2D eigenvalue weighted by molar-refractivity contribution is -0.385. The zero-order valence-corrected chi connectivity index (χ0v) is 22.3. The monoisotopic (exact) mass is 614 g/mol. The summed E-state index contributed by atoms with van der Waals surface area (Å²) in [5.41, 5.74) is -0.725. The second-order valence-electron chi connectivity index (χ2n) is 8.25. The van der Waals surface area contributed by atoms with Crippen LogP contribution >= 0.6 is 34.2 Å². The smallest absolute Gasteiger partial charge is 0.358 e. The van der Waals surface area contributed by atoms with E-state index in [0.717, 1.165) is 0 Å². The summed E-state index contributed by atoms with van der Waals surface area (Å²) in [4.78, 5) is 40.9. The van der Waals surface area contributed by atoms with Crippen molar-refractivity contribution in [2.45, 2.75) is 39.2 Å². The van der Waals surface area contributed by atoms with E-state index < -0.39 is 16.5 Å². The van der Waals surface area contributed by atoms with Crippen LogP contribution in [0.5, 0.6) is 11.5 Å². The summed E-state index contributed by atoms with van der Waals surface area (Å²) in [6.07, 6.45) is 5.89. The lowest BCUT2D eigenvalue weighted by Crippen LogP contribution is -2.30. The number of ether oxygens (including phenoxy) is 2. The zero-order valence-electron chi connectivity index (χ0n) is 19.4. The predicted molar refractivity (Wildman–Crippen MR) is 138 cm³/mol. The molecule has 0 radical (unpaired) electrons. The second-order valence-corrected chi connectivity index (χ2v) is 9.85. The van der Waals surface area contributed by atoms with Crippen LogP contribution in [-0.4, -0.2) is 40.6 Å². The molecule has 2 rings (SSSR count). The highest BCUT2D eigenvalue weighted by Crippen LogP contribution is 2.34. The molecule has 0 aliphatic rings. The van der Waals surface area contributed by atoms with Crippen LogP contribution in [0.15, 0.2) is 36.4 Å². The molecule has 0 atom stereocenters. The van der Waals surface area contributed by atoms with Crippen LogP contribution in [0.1, 0.15) is 44.0 Å². The number of nitro groups is 1. The molecule has 0 spiro atoms. The number of nitro benzene ring substituents is 1. The SMILES string of the molecule is C#CCN(CCCC(=O)OC(C)(C)C)OC(=O)c1cc(Oc2ccc(Cl)cc2[N+](=O)[O-])ccc1I. The third-order valence-corrected chi connectivity index (χ3v) is 5.37. The normalized spacial score (nSPS) is 11.0. The first-order chi connectivity index (χ1) is 16.4. The minimum absolute atomic E-state index is 0.0177. The first-order valence-electron chi connectivity index (χ1n) is 10.4. The van der Waals surface area contributed by atoms with Crippen molar-refractivity contribution in [1.29, 1.82) is 0 Å². The summed E-state index contributed by atoms with van der Waals surface area (Å²) in [6, 6.07) is 8.60. The zero-order chi connectivity index (χ0) is 26.2. The Kier molecular flexibility index (Phi) is 10.3. The fraction of sp³-hybridized carbons (Fsp3) is 0.333. The fourth-order valence-electron chi connectivity index (χ4n) is 2.79. The average Bonchev–Trinajstić information content (AvgIpc) is 2.74. The van der Waals surface area contributed by atoms with Gasteiger partial charge in [0.25, 0.3) is 0 Å². The first-order valence-corrected chi connectivity index (χ1v) is 11.9. The van der Waals surface area contributed by atoms with Crippen LogP contribution in [-0.2, 0) is 14.4 Å². The lowest BCUT2D eigenvalue weighted by atomic mass is 10.2. The van der Waals surface area contributed by atoms with E-state index in [1.54, 1.807) is 32.9 Å². The number of carbonyl (C=O) groups is 2. The Labute approximate surface area is 221 Å². The van der Waals surface area contributed by atoms with Gasteiger partial charge in [-0.25, -0.2) is 4.79 Å². The van der Waals surface area contributed by atoms with Gasteiger partial charge in [0, 0.05) is 27.6 Å². The van der Waals surface area contributed by atoms with Crippen molar-refractivity contribution >= 4 is 51.8 Å². The van der Waals surface area contributed by atoms with Gasteiger partial charge in [0.1, 0.15) is 11.4 Å². The molecule has 9 nitrogen and oxygen atoms in total. The molecule has 11 heteroatoms. The van der Waals surface area contributed by atoms with Crippen molar-refractivity contribution in [1.82, 2.24) is 5.06 Å². The Morgan fingerprint density at radius 3 is 2.57 bits per heavy atom. The molecule has 0 aromatic heterocycles. The third kappa shape index (κ3) is 9.35. The standard InChI is InChI=1S/C24H24ClIN2O7/c1-5-12-27(13-6-7-22(29)34-24(2,3)4)35-23(30)18-15-17(9-10-19(18)26)33-21-11-8-16(25)14-20(21)28(31)32/h1,8-11,14-15H,6-7,12-13H2,2-4H3. The number of nitrogens with zero attached hydrogens (tertiary/aromatic N) is 2. The highest BCUT2D eigenvalue weighted by molar-refractivity contribution is 14.1. The molecule has 0 unspecified atom stereocenters. The fourth-order valence-corrected chi connectivity index (χ4v) is 3.51. The quantitative estimate of drug-likeness (QED) is 0.109. The van der Waals surface area contributed by atoms with Crippen LogP contribution in [0.2, 0.25) is 5.02 Å². The van der Waals surface area contributed by atoms with E-state index in [2.05, 4.69) is 5.92 Å². The van der Waals surface area contributed by atoms with Crippen molar-refractivity contribution in [3.8, 4) is 23.8 Å². The molecule has 0 saturated carbocycles. The molecule has 186 valence electrons. The Morgan fingerprint density at radius 1 is 1.23 bits per heavy atom. The van der Waals surface area contributed by atoms with Crippen LogP contribution in [0.3, 0.4) is 0 Å². The summed E-state index contributed by atoms with van der Waals surface area (Å²) in [5, 5.41) is 12.8. The number of esters is 1. The highest BCUT2D eigenvalue weighted by Gasteiger charge is 2.21. The number of hydroxylamine groups is 2. The molecule has 2 aromatic carbocycles. The molecule has 0 aliphatic heterocycles. The summed E-state index contributed by atoms with van der Waals surface area (Å²) in [6.45, 7) is 5.58. The van der Waals surface area contributed by atoms with Crippen molar-refractivity contribution in [3.63, 3.8) is 0 Å². The molecule has 0 N–H and O–H groups in total. The largest absolute Gasteiger partial charge is 0.460 e. The Hall–Kier alpha value is -2.88.